The Morgan fingerprint density at radius 3 is 2.32 bits per heavy atom. The summed E-state index contributed by atoms with van der Waals surface area (Å²) in [7, 11) is 4.14. The number of pyridine rings is 1. The number of hydrogen-bond donors (Lipinski definition) is 2. The van der Waals surface area contributed by atoms with Gasteiger partial charge < -0.3 is 29.9 Å². The maximum atomic E-state index is 15.1. The summed E-state index contributed by atoms with van der Waals surface area (Å²) < 4.78 is 40.9. The first kappa shape index (κ1) is 28.6. The van der Waals surface area contributed by atoms with Gasteiger partial charge in [0.25, 0.3) is 0 Å². The summed E-state index contributed by atoms with van der Waals surface area (Å²) in [6, 6.07) is 9.24. The van der Waals surface area contributed by atoms with E-state index in [1.54, 1.807) is 13.2 Å². The lowest BCUT2D eigenvalue weighted by Gasteiger charge is -2.35. The molecule has 2 aromatic heterocycles. The molecular formula is C30H33F2N5O3S. The summed E-state index contributed by atoms with van der Waals surface area (Å²) in [4.78, 5) is 23.1. The van der Waals surface area contributed by atoms with Crippen LogP contribution in [0, 0.1) is 18.6 Å². The van der Waals surface area contributed by atoms with E-state index in [0.717, 1.165) is 61.4 Å². The van der Waals surface area contributed by atoms with E-state index in [4.69, 9.17) is 9.47 Å². The molecule has 1 aliphatic rings. The zero-order valence-corrected chi connectivity index (χ0v) is 24.5. The van der Waals surface area contributed by atoms with Crippen LogP contribution in [0.3, 0.4) is 0 Å². The van der Waals surface area contributed by atoms with E-state index >= 15 is 8.78 Å². The molecule has 1 saturated heterocycles. The maximum absolute atomic E-state index is 15.1. The number of ether oxygens (including phenoxy) is 2. The number of nitrogens with one attached hydrogen (secondary N) is 2. The Bertz CT molecular complexity index is 1570. The highest BCUT2D eigenvalue weighted by Gasteiger charge is 2.30. The minimum absolute atomic E-state index is 0.151. The molecule has 8 nitrogen and oxygen atoms in total. The molecule has 0 atom stereocenters. The third kappa shape index (κ3) is 5.39. The number of piperazine rings is 1. The molecule has 1 fully saturated rings. The Hall–Kier alpha value is -3.96. The number of carbonyl (C=O) groups excluding carboxylic acids is 1. The number of aromatic nitrogens is 1. The molecular weight excluding hydrogens is 548 g/mol. The number of rotatable bonds is 9. The number of thiophene rings is 1. The van der Waals surface area contributed by atoms with Crippen molar-refractivity contribution in [2.24, 2.45) is 0 Å². The lowest BCUT2D eigenvalue weighted by molar-refractivity contribution is 0.103. The topological polar surface area (TPSA) is 79.0 Å². The molecule has 0 unspecified atom stereocenters. The molecule has 0 bridgehead atoms. The van der Waals surface area contributed by atoms with E-state index in [1.165, 1.54) is 19.9 Å². The molecule has 2 aromatic carbocycles. The zero-order valence-electron chi connectivity index (χ0n) is 23.7. The van der Waals surface area contributed by atoms with Crippen molar-refractivity contribution < 1.29 is 23.0 Å². The van der Waals surface area contributed by atoms with Crippen molar-refractivity contribution in [1.29, 1.82) is 0 Å². The van der Waals surface area contributed by atoms with Gasteiger partial charge in [-0.15, -0.1) is 11.3 Å². The van der Waals surface area contributed by atoms with Crippen LogP contribution < -0.4 is 25.0 Å². The lowest BCUT2D eigenvalue weighted by atomic mass is 10.0. The van der Waals surface area contributed by atoms with Gasteiger partial charge in [-0.05, 0) is 43.3 Å². The molecule has 0 radical (unpaired) electrons. The van der Waals surface area contributed by atoms with Gasteiger partial charge in [-0.1, -0.05) is 6.92 Å². The van der Waals surface area contributed by atoms with Crippen LogP contribution in [0.5, 0.6) is 11.5 Å². The van der Waals surface area contributed by atoms with Gasteiger partial charge in [0.05, 0.1) is 29.5 Å². The van der Waals surface area contributed by atoms with E-state index in [9.17, 15) is 4.79 Å². The van der Waals surface area contributed by atoms with Gasteiger partial charge in [0, 0.05) is 62.3 Å². The Labute approximate surface area is 241 Å². The lowest BCUT2D eigenvalue weighted by Crippen LogP contribution is -2.46. The van der Waals surface area contributed by atoms with Crippen LogP contribution in [-0.2, 0) is 0 Å². The van der Waals surface area contributed by atoms with Crippen molar-refractivity contribution in [1.82, 2.24) is 9.88 Å². The third-order valence-electron chi connectivity index (χ3n) is 7.49. The van der Waals surface area contributed by atoms with Gasteiger partial charge in [0.2, 0.25) is 5.78 Å². The number of halogens is 2. The SMILES string of the molecule is CCN1CCN(c2ccc(Nc3cc4c(NC)c(C(=O)c5c(F)c(OC)cc(OC)c5F)sc4cn3)c(C)c2)CC1. The second-order valence-electron chi connectivity index (χ2n) is 9.78. The molecule has 4 aromatic rings. The highest BCUT2D eigenvalue weighted by atomic mass is 32.1. The summed E-state index contributed by atoms with van der Waals surface area (Å²) in [5, 5.41) is 7.12. The van der Waals surface area contributed by atoms with Crippen LogP contribution in [-0.4, -0.2) is 69.7 Å². The summed E-state index contributed by atoms with van der Waals surface area (Å²) in [6.07, 6.45) is 1.65. The molecule has 1 aliphatic heterocycles. The minimum atomic E-state index is -1.08. The number of ketones is 1. The minimum Gasteiger partial charge on any atom is -0.494 e. The number of aryl methyl sites for hydroxylation is 1. The van der Waals surface area contributed by atoms with Gasteiger partial charge in [0.15, 0.2) is 23.1 Å². The van der Waals surface area contributed by atoms with Crippen LogP contribution in [0.4, 0.5) is 31.7 Å². The molecule has 5 rings (SSSR count). The Kier molecular flexibility index (Phi) is 8.27. The monoisotopic (exact) mass is 581 g/mol. The standard InChI is InChI=1S/C30H33F2N5O3S/c1-6-36-9-11-37(12-10-36)18-7-8-20(17(2)13-18)35-24-14-19-23(16-34-24)41-30(28(19)33-3)29(38)25-26(31)21(39-4)15-22(40-5)27(25)32/h7-8,13-16,33H,6,9-12H2,1-5H3,(H,34,35). The second kappa shape index (κ2) is 11.9. The molecule has 216 valence electrons. The van der Waals surface area contributed by atoms with Crippen LogP contribution in [0.15, 0.2) is 36.5 Å². The first-order chi connectivity index (χ1) is 19.8. The normalized spacial score (nSPS) is 13.9. The fourth-order valence-corrected chi connectivity index (χ4v) is 6.23. The van der Waals surface area contributed by atoms with Crippen molar-refractivity contribution in [3.8, 4) is 11.5 Å². The highest BCUT2D eigenvalue weighted by Crippen LogP contribution is 2.41. The number of hydrogen-bond acceptors (Lipinski definition) is 9. The number of carbonyl (C=O) groups is 1. The Balaban J connectivity index is 1.44. The quantitative estimate of drug-likeness (QED) is 0.231. The van der Waals surface area contributed by atoms with E-state index in [1.807, 2.05) is 12.1 Å². The Morgan fingerprint density at radius 1 is 1.05 bits per heavy atom. The zero-order chi connectivity index (χ0) is 29.3. The van der Waals surface area contributed by atoms with Crippen molar-refractivity contribution in [3.05, 3.63) is 64.2 Å². The molecule has 3 heterocycles. The van der Waals surface area contributed by atoms with Crippen LogP contribution in [0.25, 0.3) is 10.1 Å². The van der Waals surface area contributed by atoms with Gasteiger partial charge in [-0.2, -0.15) is 0 Å². The molecule has 41 heavy (non-hydrogen) atoms. The number of fused-ring (bicyclic) bond motifs is 1. The smallest absolute Gasteiger partial charge is 0.211 e. The number of likely N-dealkylation sites (N-methyl/N-ethyl adjacent to an activating group) is 1. The van der Waals surface area contributed by atoms with E-state index in [0.29, 0.717) is 21.6 Å². The average molecular weight is 582 g/mol. The van der Waals surface area contributed by atoms with E-state index in [2.05, 4.69) is 51.4 Å². The van der Waals surface area contributed by atoms with Crippen molar-refractivity contribution in [2.75, 3.05) is 69.5 Å². The largest absolute Gasteiger partial charge is 0.494 e. The average Bonchev–Trinajstić information content (AvgIpc) is 3.36. The molecule has 0 amide bonds. The fourth-order valence-electron chi connectivity index (χ4n) is 5.12. The molecule has 2 N–H and O–H groups in total. The first-order valence-electron chi connectivity index (χ1n) is 13.4. The van der Waals surface area contributed by atoms with Gasteiger partial charge in [0.1, 0.15) is 11.4 Å². The molecule has 0 aliphatic carbocycles. The van der Waals surface area contributed by atoms with Gasteiger partial charge >= 0.3 is 0 Å². The van der Waals surface area contributed by atoms with Crippen molar-refractivity contribution >= 4 is 50.1 Å². The number of benzene rings is 2. The summed E-state index contributed by atoms with van der Waals surface area (Å²) in [6.45, 7) is 9.44. The third-order valence-corrected chi connectivity index (χ3v) is 8.63. The predicted molar refractivity (Wildman–Crippen MR) is 161 cm³/mol. The van der Waals surface area contributed by atoms with Crippen molar-refractivity contribution in [3.63, 3.8) is 0 Å². The summed E-state index contributed by atoms with van der Waals surface area (Å²) in [5.41, 5.74) is 2.91. The Morgan fingerprint density at radius 2 is 1.73 bits per heavy atom. The van der Waals surface area contributed by atoms with E-state index in [-0.39, 0.29) is 16.4 Å². The fraction of sp³-hybridized carbons (Fsp3) is 0.333. The van der Waals surface area contributed by atoms with Crippen LogP contribution >= 0.6 is 11.3 Å². The van der Waals surface area contributed by atoms with Crippen molar-refractivity contribution in [2.45, 2.75) is 13.8 Å². The van der Waals surface area contributed by atoms with Crippen LogP contribution in [0.2, 0.25) is 0 Å². The summed E-state index contributed by atoms with van der Waals surface area (Å²) >= 11 is 1.11. The molecule has 0 spiro atoms. The summed E-state index contributed by atoms with van der Waals surface area (Å²) in [5.74, 6) is -2.96. The predicted octanol–water partition coefficient (Wildman–Crippen LogP) is 6.06. The van der Waals surface area contributed by atoms with E-state index < -0.39 is 23.0 Å². The van der Waals surface area contributed by atoms with Gasteiger partial charge in [-0.25, -0.2) is 13.8 Å². The molecule has 11 heteroatoms. The second-order valence-corrected chi connectivity index (χ2v) is 10.8. The highest BCUT2D eigenvalue weighted by molar-refractivity contribution is 7.21. The number of methoxy groups -OCH3 is 2. The maximum Gasteiger partial charge on any atom is 0.211 e. The van der Waals surface area contributed by atoms with Crippen LogP contribution in [0.1, 0.15) is 27.7 Å². The molecule has 0 saturated carbocycles. The van der Waals surface area contributed by atoms with Gasteiger partial charge in [-0.3, -0.25) is 4.79 Å². The number of anilines is 4. The first-order valence-corrected chi connectivity index (χ1v) is 14.2. The number of nitrogens with zero attached hydrogens (tertiary/aromatic N) is 3.